The molecule has 76 valence electrons. The predicted molar refractivity (Wildman–Crippen MR) is 36.7 cm³/mol. The van der Waals surface area contributed by atoms with Crippen LogP contribution in [0.1, 0.15) is 12.8 Å². The summed E-state index contributed by atoms with van der Waals surface area (Å²) in [4.78, 5) is 10.2. The van der Waals surface area contributed by atoms with Crippen LogP contribution >= 0.6 is 0 Å². The van der Waals surface area contributed by atoms with Gasteiger partial charge >= 0.3 is 12.2 Å². The molecule has 2 amide bonds. The number of primary amides is 1. The fourth-order valence-electron chi connectivity index (χ4n) is 1.29. The molecule has 4 N–H and O–H groups in total. The maximum absolute atomic E-state index is 12.0. The number of nitrogens with one attached hydrogen (secondary N) is 1. The first-order chi connectivity index (χ1) is 5.74. The van der Waals surface area contributed by atoms with Gasteiger partial charge in [0.05, 0.1) is 0 Å². The molecule has 0 aromatic carbocycles. The highest BCUT2D eigenvalue weighted by molar-refractivity contribution is 5.72. The van der Waals surface area contributed by atoms with Crippen molar-refractivity contribution in [3.05, 3.63) is 0 Å². The molecule has 0 spiro atoms. The molecule has 0 bridgehead atoms. The van der Waals surface area contributed by atoms with Crippen molar-refractivity contribution >= 4 is 6.03 Å². The Morgan fingerprint density at radius 3 is 2.31 bits per heavy atom. The largest absolute Gasteiger partial charge is 0.417 e. The van der Waals surface area contributed by atoms with Crippen molar-refractivity contribution in [1.29, 1.82) is 0 Å². The summed E-state index contributed by atoms with van der Waals surface area (Å²) in [6, 6.07) is -1.56. The molecule has 1 aliphatic rings. The van der Waals surface area contributed by atoms with Crippen LogP contribution in [0.4, 0.5) is 18.0 Å². The number of carbonyl (C=O) groups is 1. The molecule has 1 rings (SSSR count). The lowest BCUT2D eigenvalue weighted by Crippen LogP contribution is -2.62. The lowest BCUT2D eigenvalue weighted by atomic mass is 9.75. The molecular formula is C6H9F3N2O2. The van der Waals surface area contributed by atoms with Crippen molar-refractivity contribution in [2.45, 2.75) is 30.7 Å². The molecule has 1 saturated carbocycles. The maximum Gasteiger partial charge on any atom is 0.417 e. The van der Waals surface area contributed by atoms with E-state index in [1.54, 1.807) is 0 Å². The van der Waals surface area contributed by atoms with Crippen LogP contribution in [0, 0.1) is 0 Å². The summed E-state index contributed by atoms with van der Waals surface area (Å²) < 4.78 is 36.0. The van der Waals surface area contributed by atoms with Gasteiger partial charge in [-0.05, 0) is 0 Å². The highest BCUT2D eigenvalue weighted by atomic mass is 19.4. The van der Waals surface area contributed by atoms with Gasteiger partial charge in [-0.25, -0.2) is 4.79 Å². The van der Waals surface area contributed by atoms with Crippen LogP contribution in [-0.4, -0.2) is 29.0 Å². The number of amides is 2. The first-order valence-electron chi connectivity index (χ1n) is 3.60. The zero-order valence-corrected chi connectivity index (χ0v) is 6.56. The second-order valence-electron chi connectivity index (χ2n) is 3.14. The molecule has 0 unspecified atom stereocenters. The van der Waals surface area contributed by atoms with Crippen LogP contribution in [0.5, 0.6) is 0 Å². The smallest absolute Gasteiger partial charge is 0.380 e. The van der Waals surface area contributed by atoms with E-state index in [-0.39, 0.29) is 0 Å². The molecule has 1 fully saturated rings. The molecule has 7 heteroatoms. The Bertz CT molecular complexity index is 222. The fraction of sp³-hybridized carbons (Fsp3) is 0.833. The average Bonchev–Trinajstić information content (AvgIpc) is 1.79. The number of rotatable bonds is 1. The normalized spacial score (nSPS) is 33.7. The van der Waals surface area contributed by atoms with Crippen molar-refractivity contribution in [3.8, 4) is 0 Å². The summed E-state index contributed by atoms with van der Waals surface area (Å²) in [7, 11) is 0. The number of alkyl halides is 3. The highest BCUT2D eigenvalue weighted by Gasteiger charge is 2.61. The van der Waals surface area contributed by atoms with Crippen LogP contribution in [0.3, 0.4) is 0 Å². The van der Waals surface area contributed by atoms with E-state index >= 15 is 0 Å². The Labute approximate surface area is 71.9 Å². The number of aliphatic hydroxyl groups is 1. The van der Waals surface area contributed by atoms with E-state index in [0.717, 1.165) is 0 Å². The Morgan fingerprint density at radius 1 is 1.54 bits per heavy atom. The molecule has 13 heavy (non-hydrogen) atoms. The summed E-state index contributed by atoms with van der Waals surface area (Å²) >= 11 is 0. The molecule has 0 heterocycles. The Kier molecular flexibility index (Phi) is 2.15. The van der Waals surface area contributed by atoms with Crippen LogP contribution < -0.4 is 11.1 Å². The van der Waals surface area contributed by atoms with Gasteiger partial charge in [-0.15, -0.1) is 0 Å². The number of hydrogen-bond donors (Lipinski definition) is 3. The number of nitrogens with two attached hydrogens (primary N) is 1. The third-order valence-electron chi connectivity index (χ3n) is 2.04. The number of urea groups is 1. The molecule has 4 nitrogen and oxygen atoms in total. The van der Waals surface area contributed by atoms with Gasteiger partial charge in [0.25, 0.3) is 0 Å². The minimum absolute atomic E-state index is 0.528. The molecule has 0 aromatic rings. The molecular weight excluding hydrogens is 189 g/mol. The van der Waals surface area contributed by atoms with Crippen LogP contribution in [0.15, 0.2) is 0 Å². The van der Waals surface area contributed by atoms with E-state index in [1.165, 1.54) is 0 Å². The van der Waals surface area contributed by atoms with E-state index in [1.807, 2.05) is 0 Å². The van der Waals surface area contributed by atoms with Crippen LogP contribution in [0.25, 0.3) is 0 Å². The van der Waals surface area contributed by atoms with Gasteiger partial charge in [0.1, 0.15) is 0 Å². The maximum atomic E-state index is 12.0. The van der Waals surface area contributed by atoms with Gasteiger partial charge in [-0.1, -0.05) is 0 Å². The number of halogens is 3. The topological polar surface area (TPSA) is 75.4 Å². The third-order valence-corrected chi connectivity index (χ3v) is 2.04. The van der Waals surface area contributed by atoms with Crippen molar-refractivity contribution in [3.63, 3.8) is 0 Å². The number of hydrogen-bond acceptors (Lipinski definition) is 2. The van der Waals surface area contributed by atoms with Gasteiger partial charge < -0.3 is 16.2 Å². The standard InChI is InChI=1S/C6H9F3N2O2/c7-6(8,9)5(13)1-3(2-5)11-4(10)12/h3,13H,1-2H2,(H3,10,11,12). The van der Waals surface area contributed by atoms with Crippen molar-refractivity contribution in [2.24, 2.45) is 5.73 Å². The fourth-order valence-corrected chi connectivity index (χ4v) is 1.29. The lowest BCUT2D eigenvalue weighted by Gasteiger charge is -2.44. The van der Waals surface area contributed by atoms with Gasteiger partial charge in [-0.3, -0.25) is 0 Å². The Hall–Kier alpha value is -0.980. The van der Waals surface area contributed by atoms with E-state index in [4.69, 9.17) is 5.11 Å². The van der Waals surface area contributed by atoms with E-state index in [0.29, 0.717) is 0 Å². The van der Waals surface area contributed by atoms with Gasteiger partial charge in [0, 0.05) is 18.9 Å². The average molecular weight is 198 g/mol. The molecule has 0 radical (unpaired) electrons. The van der Waals surface area contributed by atoms with Crippen molar-refractivity contribution in [1.82, 2.24) is 5.32 Å². The summed E-state index contributed by atoms with van der Waals surface area (Å²) in [5.74, 6) is 0. The van der Waals surface area contributed by atoms with Gasteiger partial charge in [0.2, 0.25) is 0 Å². The minimum Gasteiger partial charge on any atom is -0.380 e. The first-order valence-corrected chi connectivity index (χ1v) is 3.60. The Balaban J connectivity index is 2.44. The predicted octanol–water partition coefficient (Wildman–Crippen LogP) is 0.110. The van der Waals surface area contributed by atoms with E-state index in [2.05, 4.69) is 11.1 Å². The van der Waals surface area contributed by atoms with Crippen molar-refractivity contribution < 1.29 is 23.1 Å². The van der Waals surface area contributed by atoms with E-state index < -0.39 is 36.7 Å². The Morgan fingerprint density at radius 2 is 2.00 bits per heavy atom. The summed E-state index contributed by atoms with van der Waals surface area (Å²) in [6.07, 6.45) is -5.69. The lowest BCUT2D eigenvalue weighted by molar-refractivity contribution is -0.291. The zero-order chi connectivity index (χ0) is 10.3. The SMILES string of the molecule is NC(=O)NC1CC(O)(C(F)(F)F)C1. The molecule has 0 saturated heterocycles. The van der Waals surface area contributed by atoms with Crippen molar-refractivity contribution in [2.75, 3.05) is 0 Å². The second-order valence-corrected chi connectivity index (χ2v) is 3.14. The summed E-state index contributed by atoms with van der Waals surface area (Å²) in [5, 5.41) is 11.0. The number of carbonyl (C=O) groups excluding carboxylic acids is 1. The van der Waals surface area contributed by atoms with Gasteiger partial charge in [0.15, 0.2) is 5.60 Å². The molecule has 1 aliphatic carbocycles. The van der Waals surface area contributed by atoms with Gasteiger partial charge in [-0.2, -0.15) is 13.2 Å². The zero-order valence-electron chi connectivity index (χ0n) is 6.56. The summed E-state index contributed by atoms with van der Waals surface area (Å²) in [5.41, 5.74) is 2.03. The second kappa shape index (κ2) is 2.76. The molecule has 0 aliphatic heterocycles. The quantitative estimate of drug-likeness (QED) is 0.559. The van der Waals surface area contributed by atoms with Crippen LogP contribution in [-0.2, 0) is 0 Å². The first kappa shape index (κ1) is 10.1. The molecule has 0 atom stereocenters. The monoisotopic (exact) mass is 198 g/mol. The van der Waals surface area contributed by atoms with E-state index in [9.17, 15) is 18.0 Å². The highest BCUT2D eigenvalue weighted by Crippen LogP contribution is 2.44. The summed E-state index contributed by atoms with van der Waals surface area (Å²) in [6.45, 7) is 0. The minimum atomic E-state index is -4.64. The molecule has 0 aromatic heterocycles. The van der Waals surface area contributed by atoms with Crippen LogP contribution in [0.2, 0.25) is 0 Å². The third kappa shape index (κ3) is 1.85.